The van der Waals surface area contributed by atoms with Crippen LogP contribution in [0.5, 0.6) is 0 Å². The van der Waals surface area contributed by atoms with Crippen molar-refractivity contribution >= 4 is 29.0 Å². The number of nitrogens with zero attached hydrogens (tertiary/aromatic N) is 1. The van der Waals surface area contributed by atoms with Crippen molar-refractivity contribution in [1.29, 1.82) is 0 Å². The van der Waals surface area contributed by atoms with E-state index in [2.05, 4.69) is 24.1 Å². The first-order chi connectivity index (χ1) is 8.99. The van der Waals surface area contributed by atoms with Gasteiger partial charge in [0.05, 0.1) is 23.4 Å². The van der Waals surface area contributed by atoms with Crippen LogP contribution in [0.2, 0.25) is 0 Å². The van der Waals surface area contributed by atoms with Gasteiger partial charge in [0.2, 0.25) is 5.91 Å². The molecular weight excluding hydrogens is 280 g/mol. The first kappa shape index (κ1) is 16.5. The van der Waals surface area contributed by atoms with Gasteiger partial charge < -0.3 is 10.4 Å². The van der Waals surface area contributed by atoms with Crippen molar-refractivity contribution in [3.8, 4) is 0 Å². The zero-order chi connectivity index (χ0) is 14.4. The molecule has 19 heavy (non-hydrogen) atoms. The lowest BCUT2D eigenvalue weighted by atomic mass is 10.1. The summed E-state index contributed by atoms with van der Waals surface area (Å²) in [5.74, 6) is 1.04. The Balaban J connectivity index is 2.69. The van der Waals surface area contributed by atoms with E-state index in [0.717, 1.165) is 16.5 Å². The average molecular weight is 302 g/mol. The molecule has 1 aromatic heterocycles. The molecule has 1 aromatic rings. The third kappa shape index (κ3) is 4.78. The molecule has 0 aliphatic carbocycles. The fraction of sp³-hybridized carbons (Fsp3) is 0.692. The molecule has 108 valence electrons. The number of rotatable bonds is 7. The Morgan fingerprint density at radius 2 is 2.21 bits per heavy atom. The van der Waals surface area contributed by atoms with Gasteiger partial charge in [0.25, 0.3) is 0 Å². The minimum absolute atomic E-state index is 0.0347. The first-order valence-corrected chi connectivity index (χ1v) is 8.62. The monoisotopic (exact) mass is 302 g/mol. The highest BCUT2D eigenvalue weighted by Crippen LogP contribution is 2.23. The SMILES string of the molecule is CSCC(C)C(=O)NC(CO)c1csc(C(C)C)n1. The Kier molecular flexibility index (Phi) is 6.82. The normalized spacial score (nSPS) is 14.4. The fourth-order valence-corrected chi connectivity index (χ4v) is 3.12. The van der Waals surface area contributed by atoms with Crippen molar-refractivity contribution in [2.75, 3.05) is 18.6 Å². The summed E-state index contributed by atoms with van der Waals surface area (Å²) in [6, 6.07) is -0.402. The number of hydrogen-bond donors (Lipinski definition) is 2. The third-order valence-corrected chi connectivity index (χ3v) is 4.75. The molecule has 1 rings (SSSR count). The summed E-state index contributed by atoms with van der Waals surface area (Å²) in [5.41, 5.74) is 0.751. The van der Waals surface area contributed by atoms with E-state index in [0.29, 0.717) is 5.92 Å². The zero-order valence-electron chi connectivity index (χ0n) is 11.8. The van der Waals surface area contributed by atoms with Crippen LogP contribution in [0.4, 0.5) is 0 Å². The van der Waals surface area contributed by atoms with E-state index in [4.69, 9.17) is 0 Å². The summed E-state index contributed by atoms with van der Waals surface area (Å²) < 4.78 is 0. The number of hydrogen-bond acceptors (Lipinski definition) is 5. The minimum Gasteiger partial charge on any atom is -0.394 e. The number of carbonyl (C=O) groups excluding carboxylic acids is 1. The van der Waals surface area contributed by atoms with E-state index in [9.17, 15) is 9.90 Å². The van der Waals surface area contributed by atoms with E-state index in [1.807, 2.05) is 18.6 Å². The maximum atomic E-state index is 12.0. The van der Waals surface area contributed by atoms with Crippen LogP contribution in [0, 0.1) is 5.92 Å². The van der Waals surface area contributed by atoms with Crippen LogP contribution >= 0.6 is 23.1 Å². The number of amides is 1. The summed E-state index contributed by atoms with van der Waals surface area (Å²) in [4.78, 5) is 16.4. The highest BCUT2D eigenvalue weighted by molar-refractivity contribution is 7.98. The molecule has 0 aliphatic rings. The fourth-order valence-electron chi connectivity index (χ4n) is 1.58. The highest BCUT2D eigenvalue weighted by atomic mass is 32.2. The molecule has 0 aliphatic heterocycles. The molecule has 0 bridgehead atoms. The van der Waals surface area contributed by atoms with Crippen molar-refractivity contribution in [3.05, 3.63) is 16.1 Å². The Bertz CT molecular complexity index is 407. The molecule has 0 spiro atoms. The van der Waals surface area contributed by atoms with Gasteiger partial charge in [-0.25, -0.2) is 4.98 Å². The van der Waals surface area contributed by atoms with Crippen LogP contribution in [0.15, 0.2) is 5.38 Å². The first-order valence-electron chi connectivity index (χ1n) is 6.35. The zero-order valence-corrected chi connectivity index (χ0v) is 13.5. The van der Waals surface area contributed by atoms with Crippen molar-refractivity contribution in [3.63, 3.8) is 0 Å². The van der Waals surface area contributed by atoms with Crippen molar-refractivity contribution in [2.45, 2.75) is 32.7 Å². The van der Waals surface area contributed by atoms with E-state index < -0.39 is 6.04 Å². The van der Waals surface area contributed by atoms with Crippen LogP contribution in [0.25, 0.3) is 0 Å². The lowest BCUT2D eigenvalue weighted by Gasteiger charge is -2.17. The van der Waals surface area contributed by atoms with Gasteiger partial charge in [0, 0.05) is 23.0 Å². The van der Waals surface area contributed by atoms with Crippen LogP contribution < -0.4 is 5.32 Å². The number of thioether (sulfide) groups is 1. The second-order valence-electron chi connectivity index (χ2n) is 4.87. The Labute approximate surface area is 123 Å². The van der Waals surface area contributed by atoms with Gasteiger partial charge in [-0.3, -0.25) is 4.79 Å². The summed E-state index contributed by atoms with van der Waals surface area (Å²) in [7, 11) is 0. The Morgan fingerprint density at radius 1 is 1.53 bits per heavy atom. The molecular formula is C13H22N2O2S2. The predicted molar refractivity (Wildman–Crippen MR) is 81.7 cm³/mol. The quantitative estimate of drug-likeness (QED) is 0.812. The van der Waals surface area contributed by atoms with E-state index in [1.165, 1.54) is 0 Å². The van der Waals surface area contributed by atoms with Crippen molar-refractivity contribution in [1.82, 2.24) is 10.3 Å². The number of aliphatic hydroxyl groups excluding tert-OH is 1. The van der Waals surface area contributed by atoms with Gasteiger partial charge in [-0.05, 0) is 6.26 Å². The van der Waals surface area contributed by atoms with Crippen molar-refractivity contribution in [2.24, 2.45) is 5.92 Å². The molecule has 0 saturated heterocycles. The van der Waals surface area contributed by atoms with Crippen LogP contribution in [-0.2, 0) is 4.79 Å². The van der Waals surface area contributed by atoms with E-state index in [1.54, 1.807) is 23.1 Å². The number of nitrogens with one attached hydrogen (secondary N) is 1. The molecule has 2 N–H and O–H groups in total. The molecule has 1 amide bonds. The average Bonchev–Trinajstić information content (AvgIpc) is 2.85. The van der Waals surface area contributed by atoms with Gasteiger partial charge in [-0.15, -0.1) is 11.3 Å². The number of thiazole rings is 1. The summed E-state index contributed by atoms with van der Waals surface area (Å²) in [6.07, 6.45) is 1.97. The molecule has 2 atom stereocenters. The molecule has 1 heterocycles. The number of carbonyl (C=O) groups is 1. The second kappa shape index (κ2) is 7.87. The Hall–Kier alpha value is -0.590. The van der Waals surface area contributed by atoms with Crippen LogP contribution in [0.3, 0.4) is 0 Å². The second-order valence-corrected chi connectivity index (χ2v) is 6.67. The third-order valence-electron chi connectivity index (χ3n) is 2.75. The summed E-state index contributed by atoms with van der Waals surface area (Å²) in [5, 5.41) is 15.2. The van der Waals surface area contributed by atoms with Crippen LogP contribution in [0.1, 0.15) is 43.4 Å². The molecule has 2 unspecified atom stereocenters. The molecule has 0 saturated carbocycles. The van der Waals surface area contributed by atoms with Gasteiger partial charge >= 0.3 is 0 Å². The Morgan fingerprint density at radius 3 is 2.68 bits per heavy atom. The predicted octanol–water partition coefficient (Wildman–Crippen LogP) is 2.42. The van der Waals surface area contributed by atoms with Gasteiger partial charge in [-0.1, -0.05) is 20.8 Å². The summed E-state index contributed by atoms with van der Waals surface area (Å²) >= 11 is 3.21. The van der Waals surface area contributed by atoms with Gasteiger partial charge in [0.15, 0.2) is 0 Å². The smallest absolute Gasteiger partial charge is 0.224 e. The van der Waals surface area contributed by atoms with Crippen LogP contribution in [-0.4, -0.2) is 34.6 Å². The number of aliphatic hydroxyl groups is 1. The van der Waals surface area contributed by atoms with E-state index in [-0.39, 0.29) is 18.4 Å². The topological polar surface area (TPSA) is 62.2 Å². The van der Waals surface area contributed by atoms with Crippen molar-refractivity contribution < 1.29 is 9.90 Å². The van der Waals surface area contributed by atoms with Gasteiger partial charge in [-0.2, -0.15) is 11.8 Å². The molecule has 6 heteroatoms. The number of aromatic nitrogens is 1. The molecule has 0 radical (unpaired) electrons. The minimum atomic E-state index is -0.402. The molecule has 0 fully saturated rings. The maximum Gasteiger partial charge on any atom is 0.224 e. The maximum absolute atomic E-state index is 12.0. The lowest BCUT2D eigenvalue weighted by Crippen LogP contribution is -2.35. The standard InChI is InChI=1S/C13H22N2O2S2/c1-8(2)13-15-11(7-19-13)10(5-16)14-12(17)9(3)6-18-4/h7-10,16H,5-6H2,1-4H3,(H,14,17). The highest BCUT2D eigenvalue weighted by Gasteiger charge is 2.20. The lowest BCUT2D eigenvalue weighted by molar-refractivity contribution is -0.124. The van der Waals surface area contributed by atoms with Gasteiger partial charge in [0.1, 0.15) is 0 Å². The molecule has 0 aromatic carbocycles. The summed E-state index contributed by atoms with van der Waals surface area (Å²) in [6.45, 7) is 5.92. The largest absolute Gasteiger partial charge is 0.394 e. The molecule has 4 nitrogen and oxygen atoms in total. The van der Waals surface area contributed by atoms with E-state index >= 15 is 0 Å².